The maximum Gasteiger partial charge on any atom is 0.329 e. The number of benzene rings is 2. The largest absolute Gasteiger partial charge is 0.504 e. The van der Waals surface area contributed by atoms with Crippen LogP contribution in [0.15, 0.2) is 46.0 Å². The van der Waals surface area contributed by atoms with Crippen molar-refractivity contribution in [3.63, 3.8) is 0 Å². The molecule has 0 heterocycles. The number of hydrazone groups is 1. The van der Waals surface area contributed by atoms with E-state index >= 15 is 0 Å². The number of ether oxygens (including phenoxy) is 1. The lowest BCUT2D eigenvalue weighted by Crippen LogP contribution is -2.33. The number of aryl methyl sites for hydroxylation is 1. The highest BCUT2D eigenvalue weighted by Crippen LogP contribution is 2.26. The number of carbonyl (C=O) groups is 2. The molecule has 0 atom stereocenters. The molecule has 2 aromatic rings. The Labute approximate surface area is 159 Å². The van der Waals surface area contributed by atoms with Crippen LogP contribution in [0, 0.1) is 6.92 Å². The van der Waals surface area contributed by atoms with E-state index in [9.17, 15) is 14.7 Å². The third-order valence-corrected chi connectivity index (χ3v) is 4.06. The van der Waals surface area contributed by atoms with Crippen LogP contribution in [0.4, 0.5) is 5.69 Å². The number of carbonyl (C=O) groups excluding carboxylic acids is 2. The van der Waals surface area contributed by atoms with Gasteiger partial charge in [0.2, 0.25) is 0 Å². The lowest BCUT2D eigenvalue weighted by atomic mass is 10.1. The number of halogens is 1. The van der Waals surface area contributed by atoms with Crippen LogP contribution in [-0.2, 0) is 9.59 Å². The zero-order valence-corrected chi connectivity index (χ0v) is 16.0. The predicted molar refractivity (Wildman–Crippen MR) is 103 cm³/mol. The lowest BCUT2D eigenvalue weighted by Gasteiger charge is -2.08. The summed E-state index contributed by atoms with van der Waals surface area (Å²) < 4.78 is 5.90. The fourth-order valence-electron chi connectivity index (χ4n) is 2.10. The lowest BCUT2D eigenvalue weighted by molar-refractivity contribution is -0.136. The SMILES string of the molecule is COc1cc(/C(C)=N/NC(=O)C(=O)Nc2ccc(Br)cc2C)ccc1O. The van der Waals surface area contributed by atoms with Gasteiger partial charge in [-0.3, -0.25) is 9.59 Å². The number of phenolic OH excluding ortho intramolecular Hbond substituents is 1. The Morgan fingerprint density at radius 2 is 1.88 bits per heavy atom. The topological polar surface area (TPSA) is 100 Å². The van der Waals surface area contributed by atoms with Crippen LogP contribution in [0.25, 0.3) is 0 Å². The van der Waals surface area contributed by atoms with Gasteiger partial charge in [0.1, 0.15) is 0 Å². The van der Waals surface area contributed by atoms with Crippen LogP contribution in [0.3, 0.4) is 0 Å². The number of rotatable bonds is 4. The van der Waals surface area contributed by atoms with Crippen molar-refractivity contribution in [2.75, 3.05) is 12.4 Å². The number of hydrogen-bond donors (Lipinski definition) is 3. The van der Waals surface area contributed by atoms with Crippen LogP contribution < -0.4 is 15.5 Å². The van der Waals surface area contributed by atoms with Gasteiger partial charge in [-0.15, -0.1) is 0 Å². The summed E-state index contributed by atoms with van der Waals surface area (Å²) in [5.41, 5.74) is 4.64. The minimum atomic E-state index is -0.891. The average molecular weight is 420 g/mol. The molecule has 0 bridgehead atoms. The smallest absolute Gasteiger partial charge is 0.329 e. The standard InChI is InChI=1S/C18H18BrN3O4/c1-10-8-13(19)5-6-14(10)20-17(24)18(25)22-21-11(2)12-4-7-15(23)16(9-12)26-3/h4-9,23H,1-3H3,(H,20,24)(H,22,25)/b21-11+. The van der Waals surface area contributed by atoms with E-state index in [-0.39, 0.29) is 11.5 Å². The summed E-state index contributed by atoms with van der Waals surface area (Å²) in [6, 6.07) is 9.94. The van der Waals surface area contributed by atoms with Crippen LogP contribution >= 0.6 is 15.9 Å². The molecule has 0 saturated carbocycles. The molecule has 0 aliphatic heterocycles. The monoisotopic (exact) mass is 419 g/mol. The number of anilines is 1. The molecule has 0 radical (unpaired) electrons. The molecule has 136 valence electrons. The van der Waals surface area contributed by atoms with Crippen molar-refractivity contribution in [3.8, 4) is 11.5 Å². The number of phenols is 1. The van der Waals surface area contributed by atoms with Gasteiger partial charge in [-0.1, -0.05) is 15.9 Å². The molecular weight excluding hydrogens is 402 g/mol. The zero-order valence-electron chi connectivity index (χ0n) is 14.5. The Morgan fingerprint density at radius 1 is 1.15 bits per heavy atom. The van der Waals surface area contributed by atoms with Gasteiger partial charge in [0.15, 0.2) is 11.5 Å². The maximum absolute atomic E-state index is 12.0. The summed E-state index contributed by atoms with van der Waals surface area (Å²) in [6.45, 7) is 3.47. The first-order valence-electron chi connectivity index (χ1n) is 7.61. The Kier molecular flexibility index (Phi) is 6.35. The molecule has 0 unspecified atom stereocenters. The molecule has 7 nitrogen and oxygen atoms in total. The first-order chi connectivity index (χ1) is 12.3. The average Bonchev–Trinajstić information content (AvgIpc) is 2.62. The Balaban J connectivity index is 2.04. The number of nitrogens with one attached hydrogen (secondary N) is 2. The van der Waals surface area contributed by atoms with E-state index < -0.39 is 11.8 Å². The van der Waals surface area contributed by atoms with Crippen molar-refractivity contribution in [1.82, 2.24) is 5.43 Å². The van der Waals surface area contributed by atoms with E-state index in [0.717, 1.165) is 10.0 Å². The van der Waals surface area contributed by atoms with Gasteiger partial charge >= 0.3 is 11.8 Å². The van der Waals surface area contributed by atoms with E-state index in [1.807, 2.05) is 13.0 Å². The summed E-state index contributed by atoms with van der Waals surface area (Å²) in [4.78, 5) is 23.9. The number of methoxy groups -OCH3 is 1. The van der Waals surface area contributed by atoms with Gasteiger partial charge < -0.3 is 15.2 Å². The van der Waals surface area contributed by atoms with E-state index in [2.05, 4.69) is 31.8 Å². The fraction of sp³-hybridized carbons (Fsp3) is 0.167. The molecule has 0 spiro atoms. The molecule has 26 heavy (non-hydrogen) atoms. The van der Waals surface area contributed by atoms with Gasteiger partial charge in [0, 0.05) is 15.7 Å². The van der Waals surface area contributed by atoms with Crippen molar-refractivity contribution in [2.24, 2.45) is 5.10 Å². The summed E-state index contributed by atoms with van der Waals surface area (Å²) in [5.74, 6) is -1.43. The number of amides is 2. The van der Waals surface area contributed by atoms with Crippen molar-refractivity contribution in [2.45, 2.75) is 13.8 Å². The second-order valence-corrected chi connectivity index (χ2v) is 6.35. The van der Waals surface area contributed by atoms with Crippen molar-refractivity contribution < 1.29 is 19.4 Å². The van der Waals surface area contributed by atoms with E-state index in [0.29, 0.717) is 17.0 Å². The molecule has 0 saturated heterocycles. The third-order valence-electron chi connectivity index (χ3n) is 3.57. The molecule has 2 rings (SSSR count). The van der Waals surface area contributed by atoms with Gasteiger partial charge in [-0.2, -0.15) is 5.10 Å². The number of aromatic hydroxyl groups is 1. The van der Waals surface area contributed by atoms with Crippen molar-refractivity contribution in [1.29, 1.82) is 0 Å². The van der Waals surface area contributed by atoms with Gasteiger partial charge in [0.25, 0.3) is 0 Å². The highest BCUT2D eigenvalue weighted by Gasteiger charge is 2.14. The minimum absolute atomic E-state index is 0.00247. The van der Waals surface area contributed by atoms with E-state index in [1.54, 1.807) is 31.2 Å². The van der Waals surface area contributed by atoms with Gasteiger partial charge in [-0.25, -0.2) is 5.43 Å². The summed E-state index contributed by atoms with van der Waals surface area (Å²) in [7, 11) is 1.43. The minimum Gasteiger partial charge on any atom is -0.504 e. The van der Waals surface area contributed by atoms with Gasteiger partial charge in [0.05, 0.1) is 12.8 Å². The molecule has 0 aliphatic carbocycles. The number of nitrogens with zero attached hydrogens (tertiary/aromatic N) is 1. The highest BCUT2D eigenvalue weighted by molar-refractivity contribution is 9.10. The predicted octanol–water partition coefficient (Wildman–Crippen LogP) is 2.95. The zero-order chi connectivity index (χ0) is 19.3. The fourth-order valence-corrected chi connectivity index (χ4v) is 2.57. The first-order valence-corrected chi connectivity index (χ1v) is 8.40. The van der Waals surface area contributed by atoms with Crippen LogP contribution in [0.2, 0.25) is 0 Å². The molecular formula is C18H18BrN3O4. The summed E-state index contributed by atoms with van der Waals surface area (Å²) >= 11 is 3.33. The normalized spacial score (nSPS) is 11.0. The Bertz CT molecular complexity index is 881. The van der Waals surface area contributed by atoms with Gasteiger partial charge in [-0.05, 0) is 55.8 Å². The first kappa shape index (κ1) is 19.5. The molecule has 2 amide bonds. The second-order valence-electron chi connectivity index (χ2n) is 5.44. The van der Waals surface area contributed by atoms with Crippen LogP contribution in [0.1, 0.15) is 18.1 Å². The van der Waals surface area contributed by atoms with Crippen LogP contribution in [-0.4, -0.2) is 29.7 Å². The molecule has 0 aliphatic rings. The molecule has 8 heteroatoms. The number of hydrogen-bond acceptors (Lipinski definition) is 5. The maximum atomic E-state index is 12.0. The van der Waals surface area contributed by atoms with Crippen molar-refractivity contribution in [3.05, 3.63) is 52.0 Å². The molecule has 3 N–H and O–H groups in total. The molecule has 0 fully saturated rings. The third kappa shape index (κ3) is 4.82. The Morgan fingerprint density at radius 3 is 2.54 bits per heavy atom. The van der Waals surface area contributed by atoms with Crippen LogP contribution in [0.5, 0.6) is 11.5 Å². The molecule has 2 aromatic carbocycles. The quantitative estimate of drug-likeness (QED) is 0.402. The highest BCUT2D eigenvalue weighted by atomic mass is 79.9. The van der Waals surface area contributed by atoms with E-state index in [1.165, 1.54) is 13.2 Å². The summed E-state index contributed by atoms with van der Waals surface area (Å²) in [6.07, 6.45) is 0. The Hall–Kier alpha value is -2.87. The molecule has 0 aromatic heterocycles. The second kappa shape index (κ2) is 8.48. The summed E-state index contributed by atoms with van der Waals surface area (Å²) in [5, 5.41) is 16.0. The van der Waals surface area contributed by atoms with Crippen molar-refractivity contribution >= 4 is 39.1 Å². The van der Waals surface area contributed by atoms with E-state index in [4.69, 9.17) is 4.74 Å².